The van der Waals surface area contributed by atoms with Crippen molar-refractivity contribution in [2.24, 2.45) is 0 Å². The highest BCUT2D eigenvalue weighted by Gasteiger charge is 2.24. The van der Waals surface area contributed by atoms with Crippen LogP contribution in [0.5, 0.6) is 0 Å². The number of rotatable bonds is 3. The predicted molar refractivity (Wildman–Crippen MR) is 75.0 cm³/mol. The van der Waals surface area contributed by atoms with Crippen LogP contribution >= 0.6 is 0 Å². The van der Waals surface area contributed by atoms with Crippen LogP contribution in [-0.2, 0) is 4.79 Å². The van der Waals surface area contributed by atoms with Crippen LogP contribution in [0.15, 0.2) is 24.3 Å². The second-order valence-electron chi connectivity index (χ2n) is 5.11. The van der Waals surface area contributed by atoms with Gasteiger partial charge in [0.1, 0.15) is 0 Å². The molecule has 0 aliphatic carbocycles. The van der Waals surface area contributed by atoms with Crippen molar-refractivity contribution < 1.29 is 4.79 Å². The van der Waals surface area contributed by atoms with Crippen LogP contribution in [0, 0.1) is 0 Å². The molecule has 2 rings (SSSR count). The number of benzene rings is 1. The summed E-state index contributed by atoms with van der Waals surface area (Å²) in [7, 11) is 0. The molecule has 1 aliphatic rings. The molecule has 0 N–H and O–H groups in total. The van der Waals surface area contributed by atoms with Crippen molar-refractivity contribution in [1.82, 2.24) is 4.90 Å². The van der Waals surface area contributed by atoms with Crippen LogP contribution in [0.3, 0.4) is 0 Å². The Bertz CT molecular complexity index is 428. The summed E-state index contributed by atoms with van der Waals surface area (Å²) in [6.07, 6.45) is 0. The summed E-state index contributed by atoms with van der Waals surface area (Å²) < 4.78 is 0. The zero-order valence-electron chi connectivity index (χ0n) is 11.5. The Kier molecular flexibility index (Phi) is 3.90. The molecule has 1 aliphatic heterocycles. The number of hydrogen-bond acceptors (Lipinski definition) is 2. The SMILES string of the molecule is CCN1CCN(c2ccccc2C(C)C)CC1=O. The van der Waals surface area contributed by atoms with Crippen LogP contribution in [0.2, 0.25) is 0 Å². The molecular weight excluding hydrogens is 224 g/mol. The number of amides is 1. The summed E-state index contributed by atoms with van der Waals surface area (Å²) in [6.45, 7) is 9.53. The van der Waals surface area contributed by atoms with Crippen molar-refractivity contribution in [3.63, 3.8) is 0 Å². The molecule has 1 aromatic rings. The van der Waals surface area contributed by atoms with Gasteiger partial charge >= 0.3 is 0 Å². The molecule has 1 aromatic carbocycles. The Hall–Kier alpha value is -1.51. The molecular formula is C15H22N2O. The third-order valence-corrected chi connectivity index (χ3v) is 3.60. The third-order valence-electron chi connectivity index (χ3n) is 3.60. The summed E-state index contributed by atoms with van der Waals surface area (Å²) in [4.78, 5) is 16.1. The highest BCUT2D eigenvalue weighted by Crippen LogP contribution is 2.28. The Balaban J connectivity index is 2.21. The molecule has 18 heavy (non-hydrogen) atoms. The number of carbonyl (C=O) groups is 1. The first-order valence-corrected chi connectivity index (χ1v) is 6.75. The lowest BCUT2D eigenvalue weighted by Crippen LogP contribution is -2.50. The van der Waals surface area contributed by atoms with Crippen molar-refractivity contribution in [2.45, 2.75) is 26.7 Å². The fraction of sp³-hybridized carbons (Fsp3) is 0.533. The number of anilines is 1. The topological polar surface area (TPSA) is 23.6 Å². The van der Waals surface area contributed by atoms with Crippen LogP contribution in [-0.4, -0.2) is 37.0 Å². The molecule has 1 fully saturated rings. The van der Waals surface area contributed by atoms with E-state index in [1.54, 1.807) is 0 Å². The summed E-state index contributed by atoms with van der Waals surface area (Å²) in [6, 6.07) is 8.42. The molecule has 0 unspecified atom stereocenters. The first-order chi connectivity index (χ1) is 8.63. The van der Waals surface area contributed by atoms with Crippen molar-refractivity contribution in [1.29, 1.82) is 0 Å². The fourth-order valence-electron chi connectivity index (χ4n) is 2.51. The normalized spacial score (nSPS) is 16.6. The van der Waals surface area contributed by atoms with Gasteiger partial charge in [-0.05, 0) is 24.5 Å². The van der Waals surface area contributed by atoms with E-state index in [2.05, 4.69) is 43.0 Å². The Morgan fingerprint density at radius 2 is 1.94 bits per heavy atom. The van der Waals surface area contributed by atoms with E-state index >= 15 is 0 Å². The molecule has 0 bridgehead atoms. The number of nitrogens with zero attached hydrogens (tertiary/aromatic N) is 2. The van der Waals surface area contributed by atoms with Crippen molar-refractivity contribution in [3.8, 4) is 0 Å². The minimum atomic E-state index is 0.238. The maximum Gasteiger partial charge on any atom is 0.242 e. The van der Waals surface area contributed by atoms with Gasteiger partial charge in [0.2, 0.25) is 5.91 Å². The van der Waals surface area contributed by atoms with E-state index in [0.29, 0.717) is 12.5 Å². The van der Waals surface area contributed by atoms with Gasteiger partial charge in [-0.15, -0.1) is 0 Å². The summed E-state index contributed by atoms with van der Waals surface area (Å²) >= 11 is 0. The Labute approximate surface area is 109 Å². The average Bonchev–Trinajstić information content (AvgIpc) is 2.38. The largest absolute Gasteiger partial charge is 0.360 e. The number of likely N-dealkylation sites (N-methyl/N-ethyl adjacent to an activating group) is 1. The van der Waals surface area contributed by atoms with Crippen LogP contribution in [0.4, 0.5) is 5.69 Å². The molecule has 1 saturated heterocycles. The molecule has 0 saturated carbocycles. The number of carbonyl (C=O) groups excluding carboxylic acids is 1. The van der Waals surface area contributed by atoms with Crippen molar-refractivity contribution in [3.05, 3.63) is 29.8 Å². The Morgan fingerprint density at radius 1 is 1.22 bits per heavy atom. The minimum Gasteiger partial charge on any atom is -0.360 e. The lowest BCUT2D eigenvalue weighted by molar-refractivity contribution is -0.130. The summed E-state index contributed by atoms with van der Waals surface area (Å²) in [5, 5.41) is 0. The highest BCUT2D eigenvalue weighted by molar-refractivity contribution is 5.83. The molecule has 0 radical (unpaired) electrons. The standard InChI is InChI=1S/C15H22N2O/c1-4-16-9-10-17(11-15(16)18)14-8-6-5-7-13(14)12(2)3/h5-8,12H,4,9-11H2,1-3H3. The van der Waals surface area contributed by atoms with Gasteiger partial charge in [-0.1, -0.05) is 32.0 Å². The molecule has 0 aromatic heterocycles. The maximum atomic E-state index is 12.0. The average molecular weight is 246 g/mol. The quantitative estimate of drug-likeness (QED) is 0.818. The van der Waals surface area contributed by atoms with Crippen molar-refractivity contribution in [2.75, 3.05) is 31.1 Å². The van der Waals surface area contributed by atoms with E-state index in [4.69, 9.17) is 0 Å². The molecule has 3 heteroatoms. The third kappa shape index (κ3) is 2.50. The maximum absolute atomic E-state index is 12.0. The molecule has 0 atom stereocenters. The van der Waals surface area contributed by atoms with E-state index in [-0.39, 0.29) is 5.91 Å². The van der Waals surface area contributed by atoms with Gasteiger partial charge in [-0.3, -0.25) is 4.79 Å². The first kappa shape index (κ1) is 12.9. The van der Waals surface area contributed by atoms with Gasteiger partial charge in [0.25, 0.3) is 0 Å². The van der Waals surface area contributed by atoms with E-state index in [0.717, 1.165) is 19.6 Å². The van der Waals surface area contributed by atoms with E-state index < -0.39 is 0 Å². The zero-order chi connectivity index (χ0) is 13.1. The molecule has 1 heterocycles. The highest BCUT2D eigenvalue weighted by atomic mass is 16.2. The van der Waals surface area contributed by atoms with Crippen LogP contribution < -0.4 is 4.90 Å². The lowest BCUT2D eigenvalue weighted by atomic mass is 10.00. The van der Waals surface area contributed by atoms with Crippen molar-refractivity contribution >= 4 is 11.6 Å². The second-order valence-corrected chi connectivity index (χ2v) is 5.11. The monoisotopic (exact) mass is 246 g/mol. The predicted octanol–water partition coefficient (Wildman–Crippen LogP) is 2.48. The summed E-state index contributed by atoms with van der Waals surface area (Å²) in [5.74, 6) is 0.725. The fourth-order valence-corrected chi connectivity index (χ4v) is 2.51. The number of para-hydroxylation sites is 1. The van der Waals surface area contributed by atoms with Gasteiger partial charge in [-0.25, -0.2) is 0 Å². The molecule has 0 spiro atoms. The van der Waals surface area contributed by atoms with E-state index in [1.165, 1.54) is 11.3 Å². The van der Waals surface area contributed by atoms with Gasteiger partial charge in [0.15, 0.2) is 0 Å². The zero-order valence-corrected chi connectivity index (χ0v) is 11.5. The lowest BCUT2D eigenvalue weighted by Gasteiger charge is -2.36. The van der Waals surface area contributed by atoms with Crippen LogP contribution in [0.25, 0.3) is 0 Å². The van der Waals surface area contributed by atoms with Gasteiger partial charge in [0, 0.05) is 25.3 Å². The molecule has 3 nitrogen and oxygen atoms in total. The second kappa shape index (κ2) is 5.42. The van der Waals surface area contributed by atoms with Crippen LogP contribution in [0.1, 0.15) is 32.3 Å². The van der Waals surface area contributed by atoms with Gasteiger partial charge in [0.05, 0.1) is 6.54 Å². The van der Waals surface area contributed by atoms with Gasteiger partial charge in [-0.2, -0.15) is 0 Å². The van der Waals surface area contributed by atoms with Gasteiger partial charge < -0.3 is 9.80 Å². The smallest absolute Gasteiger partial charge is 0.242 e. The Morgan fingerprint density at radius 3 is 2.56 bits per heavy atom. The molecule has 1 amide bonds. The number of hydrogen-bond donors (Lipinski definition) is 0. The van der Waals surface area contributed by atoms with E-state index in [9.17, 15) is 4.79 Å². The van der Waals surface area contributed by atoms with E-state index in [1.807, 2.05) is 11.8 Å². The molecule has 98 valence electrons. The summed E-state index contributed by atoms with van der Waals surface area (Å²) in [5.41, 5.74) is 2.55. The first-order valence-electron chi connectivity index (χ1n) is 6.75. The number of piperazine rings is 1. The minimum absolute atomic E-state index is 0.238.